The summed E-state index contributed by atoms with van der Waals surface area (Å²) in [6.45, 7) is 0. The number of halogens is 2. The molecule has 2 amide bonds. The Labute approximate surface area is 133 Å². The molecule has 2 aromatic carbocycles. The number of para-hydroxylation sites is 2. The van der Waals surface area contributed by atoms with Crippen molar-refractivity contribution in [3.63, 3.8) is 0 Å². The first-order valence-corrected chi connectivity index (χ1v) is 7.16. The molecule has 22 heavy (non-hydrogen) atoms. The van der Waals surface area contributed by atoms with Crippen LogP contribution in [0.5, 0.6) is 5.75 Å². The zero-order chi connectivity index (χ0) is 15.7. The van der Waals surface area contributed by atoms with E-state index in [1.54, 1.807) is 30.3 Å². The molecule has 112 valence electrons. The van der Waals surface area contributed by atoms with Crippen LogP contribution in [0, 0.1) is 5.82 Å². The Hall–Kier alpha value is -2.41. The van der Waals surface area contributed by atoms with Crippen LogP contribution < -0.4 is 15.4 Å². The number of amides is 2. The predicted molar refractivity (Wildman–Crippen MR) is 82.2 cm³/mol. The van der Waals surface area contributed by atoms with E-state index in [1.807, 2.05) is 0 Å². The zero-order valence-electron chi connectivity index (χ0n) is 11.1. The van der Waals surface area contributed by atoms with Gasteiger partial charge in [0, 0.05) is 4.47 Å². The molecule has 7 heteroatoms. The molecule has 0 aliphatic carbocycles. The number of hydrogen-bond acceptors (Lipinski definition) is 3. The highest BCUT2D eigenvalue weighted by molar-refractivity contribution is 9.10. The van der Waals surface area contributed by atoms with Gasteiger partial charge in [0.25, 0.3) is 17.9 Å². The molecule has 0 aromatic heterocycles. The molecule has 2 N–H and O–H groups in total. The summed E-state index contributed by atoms with van der Waals surface area (Å²) in [5.74, 6) is -1.57. The van der Waals surface area contributed by atoms with E-state index in [9.17, 15) is 14.0 Å². The van der Waals surface area contributed by atoms with Crippen LogP contribution >= 0.6 is 15.9 Å². The highest BCUT2D eigenvalue weighted by atomic mass is 79.9. The second-order valence-corrected chi connectivity index (χ2v) is 5.51. The molecule has 1 heterocycles. The van der Waals surface area contributed by atoms with Crippen molar-refractivity contribution >= 4 is 39.1 Å². The Kier molecular flexibility index (Phi) is 3.81. The first kappa shape index (κ1) is 14.5. The summed E-state index contributed by atoms with van der Waals surface area (Å²) >= 11 is 3.13. The Bertz CT molecular complexity index is 766. The molecule has 0 radical (unpaired) electrons. The van der Waals surface area contributed by atoms with Crippen molar-refractivity contribution in [2.45, 2.75) is 6.10 Å². The quantitative estimate of drug-likeness (QED) is 0.805. The van der Waals surface area contributed by atoms with Gasteiger partial charge in [-0.15, -0.1) is 0 Å². The van der Waals surface area contributed by atoms with Gasteiger partial charge in [0.2, 0.25) is 0 Å². The third-order valence-electron chi connectivity index (χ3n) is 3.06. The van der Waals surface area contributed by atoms with Gasteiger partial charge in [0.15, 0.2) is 0 Å². The van der Waals surface area contributed by atoms with Gasteiger partial charge in [-0.1, -0.05) is 28.1 Å². The lowest BCUT2D eigenvalue weighted by molar-refractivity contribution is -0.133. The van der Waals surface area contributed by atoms with E-state index in [1.165, 1.54) is 12.1 Å². The van der Waals surface area contributed by atoms with Gasteiger partial charge in [-0.3, -0.25) is 9.59 Å². The van der Waals surface area contributed by atoms with E-state index in [0.717, 1.165) is 0 Å². The van der Waals surface area contributed by atoms with Crippen molar-refractivity contribution in [2.24, 2.45) is 0 Å². The maximum atomic E-state index is 13.7. The van der Waals surface area contributed by atoms with Gasteiger partial charge in [0.05, 0.1) is 11.4 Å². The smallest absolute Gasteiger partial charge is 0.275 e. The largest absolute Gasteiger partial charge is 0.468 e. The third kappa shape index (κ3) is 2.80. The maximum Gasteiger partial charge on any atom is 0.275 e. The third-order valence-corrected chi connectivity index (χ3v) is 3.55. The molecule has 5 nitrogen and oxygen atoms in total. The van der Waals surface area contributed by atoms with Gasteiger partial charge in [-0.25, -0.2) is 4.39 Å². The number of anilines is 2. The van der Waals surface area contributed by atoms with Crippen molar-refractivity contribution in [3.05, 3.63) is 52.8 Å². The number of hydrogen-bond donors (Lipinski definition) is 2. The average molecular weight is 365 g/mol. The minimum atomic E-state index is -1.38. The number of carbonyl (C=O) groups is 2. The molecule has 0 spiro atoms. The van der Waals surface area contributed by atoms with Crippen molar-refractivity contribution in [2.75, 3.05) is 10.6 Å². The summed E-state index contributed by atoms with van der Waals surface area (Å²) in [6, 6.07) is 10.9. The number of ether oxygens (including phenoxy) is 1. The number of fused-ring (bicyclic) bond motifs is 1. The van der Waals surface area contributed by atoms with Crippen molar-refractivity contribution < 1.29 is 18.7 Å². The van der Waals surface area contributed by atoms with Gasteiger partial charge < -0.3 is 15.4 Å². The maximum absolute atomic E-state index is 13.7. The number of carbonyl (C=O) groups excluding carboxylic acids is 2. The average Bonchev–Trinajstić information content (AvgIpc) is 2.49. The minimum absolute atomic E-state index is 0.0246. The Morgan fingerprint density at radius 3 is 2.82 bits per heavy atom. The molecule has 1 aliphatic heterocycles. The zero-order valence-corrected chi connectivity index (χ0v) is 12.7. The summed E-state index contributed by atoms with van der Waals surface area (Å²) in [4.78, 5) is 24.1. The van der Waals surface area contributed by atoms with Gasteiger partial charge in [0.1, 0.15) is 11.6 Å². The Balaban J connectivity index is 1.79. The molecule has 2 aromatic rings. The summed E-state index contributed by atoms with van der Waals surface area (Å²) in [5.41, 5.74) is 0.467. The van der Waals surface area contributed by atoms with Crippen molar-refractivity contribution in [1.82, 2.24) is 0 Å². The molecule has 0 bridgehead atoms. The lowest BCUT2D eigenvalue weighted by Gasteiger charge is -2.24. The predicted octanol–water partition coefficient (Wildman–Crippen LogP) is 2.93. The first-order valence-electron chi connectivity index (χ1n) is 6.37. The first-order chi connectivity index (χ1) is 10.5. The number of benzene rings is 2. The molecule has 3 rings (SSSR count). The van der Waals surface area contributed by atoms with E-state index in [2.05, 4.69) is 26.6 Å². The summed E-state index contributed by atoms with van der Waals surface area (Å²) < 4.78 is 19.7. The molecule has 0 saturated heterocycles. The second-order valence-electron chi connectivity index (χ2n) is 4.60. The van der Waals surface area contributed by atoms with Gasteiger partial charge >= 0.3 is 0 Å². The Morgan fingerprint density at radius 2 is 2.05 bits per heavy atom. The molecular weight excluding hydrogens is 355 g/mol. The van der Waals surface area contributed by atoms with Crippen LogP contribution in [-0.4, -0.2) is 17.9 Å². The van der Waals surface area contributed by atoms with E-state index >= 15 is 0 Å². The standard InChI is InChI=1S/C15H10BrFN2O3/c16-8-5-6-10(9(17)7-8)18-14(20)13-15(21)19-11-3-1-2-4-12(11)22-13/h1-7,13H,(H,18,20)(H,19,21)/t13-/m0/s1. The van der Waals surface area contributed by atoms with Crippen molar-refractivity contribution in [3.8, 4) is 5.75 Å². The fourth-order valence-corrected chi connectivity index (χ4v) is 2.35. The van der Waals surface area contributed by atoms with Crippen molar-refractivity contribution in [1.29, 1.82) is 0 Å². The molecular formula is C15H10BrFN2O3. The normalized spacial score (nSPS) is 16.3. The van der Waals surface area contributed by atoms with Crippen LogP contribution in [0.15, 0.2) is 46.9 Å². The Morgan fingerprint density at radius 1 is 1.27 bits per heavy atom. The molecule has 1 aliphatic rings. The van der Waals surface area contributed by atoms with E-state index < -0.39 is 23.7 Å². The fraction of sp³-hybridized carbons (Fsp3) is 0.0667. The van der Waals surface area contributed by atoms with E-state index in [-0.39, 0.29) is 5.69 Å². The van der Waals surface area contributed by atoms with E-state index in [4.69, 9.17) is 4.74 Å². The van der Waals surface area contributed by atoms with Crippen LogP contribution in [0.3, 0.4) is 0 Å². The lowest BCUT2D eigenvalue weighted by Crippen LogP contribution is -2.45. The topological polar surface area (TPSA) is 67.4 Å². The number of nitrogens with one attached hydrogen (secondary N) is 2. The molecule has 0 unspecified atom stereocenters. The molecule has 0 fully saturated rings. The van der Waals surface area contributed by atoms with E-state index in [0.29, 0.717) is 15.9 Å². The van der Waals surface area contributed by atoms with Crippen LogP contribution in [0.25, 0.3) is 0 Å². The highest BCUT2D eigenvalue weighted by Gasteiger charge is 2.34. The van der Waals surface area contributed by atoms with Crippen LogP contribution in [-0.2, 0) is 9.59 Å². The number of rotatable bonds is 2. The summed E-state index contributed by atoms with van der Waals surface area (Å²) in [5, 5.41) is 4.92. The van der Waals surface area contributed by atoms with Crippen LogP contribution in [0.1, 0.15) is 0 Å². The second kappa shape index (κ2) is 5.76. The lowest BCUT2D eigenvalue weighted by atomic mass is 10.2. The SMILES string of the molecule is O=C(Nc1ccc(Br)cc1F)[C@@H]1Oc2ccccc2NC1=O. The summed E-state index contributed by atoms with van der Waals surface area (Å²) in [7, 11) is 0. The van der Waals surface area contributed by atoms with Crippen LogP contribution in [0.2, 0.25) is 0 Å². The van der Waals surface area contributed by atoms with Gasteiger partial charge in [-0.05, 0) is 30.3 Å². The minimum Gasteiger partial charge on any atom is -0.468 e. The summed E-state index contributed by atoms with van der Waals surface area (Å²) in [6.07, 6.45) is -1.38. The molecule has 0 saturated carbocycles. The van der Waals surface area contributed by atoms with Crippen LogP contribution in [0.4, 0.5) is 15.8 Å². The highest BCUT2D eigenvalue weighted by Crippen LogP contribution is 2.29. The van der Waals surface area contributed by atoms with Gasteiger partial charge in [-0.2, -0.15) is 0 Å². The fourth-order valence-electron chi connectivity index (χ4n) is 2.01. The monoisotopic (exact) mass is 364 g/mol. The molecule has 1 atom stereocenters.